The molecule has 2 aromatic heterocycles. The van der Waals surface area contributed by atoms with Crippen LogP contribution in [0.1, 0.15) is 22.6 Å². The highest BCUT2D eigenvalue weighted by molar-refractivity contribution is 5.88. The number of carboxylic acid groups (broad SMARTS) is 1. The number of pyridine rings is 1. The van der Waals surface area contributed by atoms with Gasteiger partial charge in [0.2, 0.25) is 0 Å². The fourth-order valence-corrected chi connectivity index (χ4v) is 1.38. The number of hydrogen-bond acceptors (Lipinski definition) is 2. The number of hydrogen-bond donors (Lipinski definition) is 1. The second-order valence-electron chi connectivity index (χ2n) is 2.88. The van der Waals surface area contributed by atoms with E-state index in [1.54, 1.807) is 12.1 Å². The molecule has 0 aliphatic heterocycles. The number of alkyl halides is 2. The summed E-state index contributed by atoms with van der Waals surface area (Å²) in [5.41, 5.74) is -0.987. The van der Waals surface area contributed by atoms with E-state index in [4.69, 9.17) is 5.11 Å². The lowest BCUT2D eigenvalue weighted by atomic mass is 10.3. The van der Waals surface area contributed by atoms with E-state index in [1.165, 1.54) is 12.3 Å². The van der Waals surface area contributed by atoms with Crippen molar-refractivity contribution < 1.29 is 18.7 Å². The third-order valence-electron chi connectivity index (χ3n) is 1.97. The molecule has 0 bridgehead atoms. The average molecular weight is 212 g/mol. The Morgan fingerprint density at radius 3 is 2.80 bits per heavy atom. The van der Waals surface area contributed by atoms with Gasteiger partial charge < -0.3 is 5.11 Å². The first-order chi connectivity index (χ1) is 7.11. The molecule has 2 rings (SSSR count). The molecule has 78 valence electrons. The van der Waals surface area contributed by atoms with Gasteiger partial charge in [0, 0.05) is 6.20 Å². The van der Waals surface area contributed by atoms with Gasteiger partial charge in [-0.05, 0) is 12.1 Å². The Morgan fingerprint density at radius 2 is 2.20 bits per heavy atom. The van der Waals surface area contributed by atoms with Crippen molar-refractivity contribution in [3.8, 4) is 0 Å². The van der Waals surface area contributed by atoms with Gasteiger partial charge in [0.1, 0.15) is 11.3 Å². The van der Waals surface area contributed by atoms with E-state index in [1.807, 2.05) is 0 Å². The molecule has 0 amide bonds. The minimum atomic E-state index is -2.89. The van der Waals surface area contributed by atoms with E-state index in [9.17, 15) is 13.6 Å². The Labute approximate surface area is 82.8 Å². The molecular formula is C9H6F2N2O2. The van der Waals surface area contributed by atoms with Crippen LogP contribution < -0.4 is 0 Å². The van der Waals surface area contributed by atoms with Crippen LogP contribution in [-0.2, 0) is 0 Å². The highest BCUT2D eigenvalue weighted by Crippen LogP contribution is 2.23. The maximum Gasteiger partial charge on any atom is 0.355 e. The molecule has 0 radical (unpaired) electrons. The zero-order valence-electron chi connectivity index (χ0n) is 7.39. The van der Waals surface area contributed by atoms with Gasteiger partial charge in [0.15, 0.2) is 5.69 Å². The molecule has 0 unspecified atom stereocenters. The average Bonchev–Trinajstić information content (AvgIpc) is 2.56. The molecule has 0 aromatic carbocycles. The second-order valence-corrected chi connectivity index (χ2v) is 2.88. The summed E-state index contributed by atoms with van der Waals surface area (Å²) in [6.45, 7) is 0. The van der Waals surface area contributed by atoms with Crippen molar-refractivity contribution in [2.24, 2.45) is 0 Å². The third-order valence-corrected chi connectivity index (χ3v) is 1.97. The molecular weight excluding hydrogens is 206 g/mol. The summed E-state index contributed by atoms with van der Waals surface area (Å²) in [6.07, 6.45) is -1.51. The Kier molecular flexibility index (Phi) is 2.11. The van der Waals surface area contributed by atoms with Crippen molar-refractivity contribution in [3.05, 3.63) is 35.8 Å². The number of imidazole rings is 1. The van der Waals surface area contributed by atoms with Crippen molar-refractivity contribution >= 4 is 11.6 Å². The predicted molar refractivity (Wildman–Crippen MR) is 47.1 cm³/mol. The SMILES string of the molecule is O=C(O)c1c(C(F)F)nc2ccccn12. The molecule has 0 fully saturated rings. The molecule has 0 saturated heterocycles. The molecule has 2 aromatic rings. The first-order valence-electron chi connectivity index (χ1n) is 4.09. The van der Waals surface area contributed by atoms with E-state index in [-0.39, 0.29) is 5.65 Å². The molecule has 0 aliphatic rings. The fraction of sp³-hybridized carbons (Fsp3) is 0.111. The van der Waals surface area contributed by atoms with Crippen LogP contribution in [0, 0.1) is 0 Å². The normalized spacial score (nSPS) is 11.1. The summed E-state index contributed by atoms with van der Waals surface area (Å²) in [5, 5.41) is 8.81. The number of carboxylic acids is 1. The van der Waals surface area contributed by atoms with Crippen LogP contribution in [0.2, 0.25) is 0 Å². The van der Waals surface area contributed by atoms with Gasteiger partial charge in [-0.15, -0.1) is 0 Å². The van der Waals surface area contributed by atoms with E-state index >= 15 is 0 Å². The Hall–Kier alpha value is -1.98. The van der Waals surface area contributed by atoms with Crippen LogP contribution in [0.5, 0.6) is 0 Å². The topological polar surface area (TPSA) is 54.6 Å². The number of aromatic nitrogens is 2. The number of fused-ring (bicyclic) bond motifs is 1. The second kappa shape index (κ2) is 3.30. The Bertz CT molecular complexity index is 522. The fourth-order valence-electron chi connectivity index (χ4n) is 1.38. The van der Waals surface area contributed by atoms with Crippen molar-refractivity contribution in [1.29, 1.82) is 0 Å². The Balaban J connectivity index is 2.80. The van der Waals surface area contributed by atoms with E-state index < -0.39 is 23.8 Å². The number of rotatable bonds is 2. The van der Waals surface area contributed by atoms with Gasteiger partial charge in [-0.25, -0.2) is 18.6 Å². The first kappa shape index (κ1) is 9.57. The third kappa shape index (κ3) is 1.43. The van der Waals surface area contributed by atoms with Crippen LogP contribution in [0.25, 0.3) is 5.65 Å². The van der Waals surface area contributed by atoms with Gasteiger partial charge in [-0.2, -0.15) is 0 Å². The van der Waals surface area contributed by atoms with Gasteiger partial charge in [0.05, 0.1) is 0 Å². The lowest BCUT2D eigenvalue weighted by Crippen LogP contribution is -2.05. The summed E-state index contributed by atoms with van der Waals surface area (Å²) in [6, 6.07) is 4.62. The molecule has 0 saturated carbocycles. The van der Waals surface area contributed by atoms with Crippen LogP contribution in [0.15, 0.2) is 24.4 Å². The minimum absolute atomic E-state index is 0.199. The maximum atomic E-state index is 12.5. The first-order valence-corrected chi connectivity index (χ1v) is 4.09. The largest absolute Gasteiger partial charge is 0.476 e. The lowest BCUT2D eigenvalue weighted by Gasteiger charge is -1.97. The van der Waals surface area contributed by atoms with Crippen LogP contribution in [0.3, 0.4) is 0 Å². The number of nitrogens with zero attached hydrogens (tertiary/aromatic N) is 2. The van der Waals surface area contributed by atoms with Crippen LogP contribution in [-0.4, -0.2) is 20.5 Å². The van der Waals surface area contributed by atoms with Crippen molar-refractivity contribution in [2.45, 2.75) is 6.43 Å². The highest BCUT2D eigenvalue weighted by Gasteiger charge is 2.24. The van der Waals surface area contributed by atoms with Gasteiger partial charge >= 0.3 is 5.97 Å². The van der Waals surface area contributed by atoms with Gasteiger partial charge in [0.25, 0.3) is 6.43 Å². The zero-order valence-corrected chi connectivity index (χ0v) is 7.39. The highest BCUT2D eigenvalue weighted by atomic mass is 19.3. The number of halogens is 2. The molecule has 15 heavy (non-hydrogen) atoms. The molecule has 0 spiro atoms. The number of carbonyl (C=O) groups is 1. The van der Waals surface area contributed by atoms with Crippen molar-refractivity contribution in [1.82, 2.24) is 9.38 Å². The lowest BCUT2D eigenvalue weighted by molar-refractivity contribution is 0.0675. The van der Waals surface area contributed by atoms with Crippen LogP contribution >= 0.6 is 0 Å². The molecule has 2 heterocycles. The van der Waals surface area contributed by atoms with E-state index in [0.29, 0.717) is 0 Å². The summed E-state index contributed by atoms with van der Waals surface area (Å²) < 4.78 is 26.1. The van der Waals surface area contributed by atoms with E-state index in [0.717, 1.165) is 4.40 Å². The standard InChI is InChI=1S/C9H6F2N2O2/c10-8(11)6-7(9(14)15)13-4-2-1-3-5(13)12-6/h1-4,8H,(H,14,15). The molecule has 6 heteroatoms. The predicted octanol–water partition coefficient (Wildman–Crippen LogP) is 1.97. The maximum absolute atomic E-state index is 12.5. The van der Waals surface area contributed by atoms with Crippen LogP contribution in [0.4, 0.5) is 8.78 Å². The number of aromatic carboxylic acids is 1. The van der Waals surface area contributed by atoms with E-state index in [2.05, 4.69) is 4.98 Å². The Morgan fingerprint density at radius 1 is 1.47 bits per heavy atom. The molecule has 1 N–H and O–H groups in total. The quantitative estimate of drug-likeness (QED) is 0.827. The zero-order chi connectivity index (χ0) is 11.0. The summed E-state index contributed by atoms with van der Waals surface area (Å²) >= 11 is 0. The summed E-state index contributed by atoms with van der Waals surface area (Å²) in [4.78, 5) is 14.4. The van der Waals surface area contributed by atoms with Crippen molar-refractivity contribution in [3.63, 3.8) is 0 Å². The summed E-state index contributed by atoms with van der Waals surface area (Å²) in [7, 11) is 0. The molecule has 0 aliphatic carbocycles. The molecule has 4 nitrogen and oxygen atoms in total. The summed E-state index contributed by atoms with van der Waals surface area (Å²) in [5.74, 6) is -1.41. The van der Waals surface area contributed by atoms with Gasteiger partial charge in [-0.3, -0.25) is 4.40 Å². The van der Waals surface area contributed by atoms with Gasteiger partial charge in [-0.1, -0.05) is 6.07 Å². The molecule has 0 atom stereocenters. The monoisotopic (exact) mass is 212 g/mol. The smallest absolute Gasteiger partial charge is 0.355 e. The van der Waals surface area contributed by atoms with Crippen molar-refractivity contribution in [2.75, 3.05) is 0 Å². The minimum Gasteiger partial charge on any atom is -0.476 e.